The van der Waals surface area contributed by atoms with Gasteiger partial charge in [-0.05, 0) is 12.1 Å². The highest BCUT2D eigenvalue weighted by Gasteiger charge is 2.33. The highest BCUT2D eigenvalue weighted by molar-refractivity contribution is 5.81. The zero-order chi connectivity index (χ0) is 15.8. The molecule has 0 radical (unpaired) electrons. The molecule has 1 aliphatic rings. The fourth-order valence-corrected chi connectivity index (χ4v) is 3.07. The Hall–Kier alpha value is -2.69. The maximum Gasteiger partial charge on any atom is 0.274 e. The SMILES string of the molecule is [2H]C([2H])([2H])[n+]1c2n(c3cc4ncccn4c31)Cc1cccnc1-2. The van der Waals surface area contributed by atoms with Crippen LogP contribution in [0.4, 0.5) is 0 Å². The molecule has 0 saturated carbocycles. The summed E-state index contributed by atoms with van der Waals surface area (Å²) >= 11 is 0. The number of pyridine rings is 1. The van der Waals surface area contributed by atoms with Crippen LogP contribution in [0.3, 0.4) is 0 Å². The lowest BCUT2D eigenvalue weighted by atomic mass is 10.2. The molecule has 0 atom stereocenters. The number of aromatic nitrogens is 5. The van der Waals surface area contributed by atoms with Crippen molar-refractivity contribution < 1.29 is 8.68 Å². The van der Waals surface area contributed by atoms with Crippen molar-refractivity contribution in [2.24, 2.45) is 6.98 Å². The topological polar surface area (TPSA) is 39.0 Å². The van der Waals surface area contributed by atoms with Gasteiger partial charge in [-0.15, -0.1) is 0 Å². The van der Waals surface area contributed by atoms with Crippen LogP contribution in [-0.4, -0.2) is 18.9 Å². The fourth-order valence-electron chi connectivity index (χ4n) is 3.07. The number of rotatable bonds is 0. The first-order chi connectivity index (χ1) is 11.1. The van der Waals surface area contributed by atoms with Crippen LogP contribution in [0.25, 0.3) is 28.3 Å². The molecule has 5 heteroatoms. The lowest BCUT2D eigenvalue weighted by Gasteiger charge is -1.96. The molecule has 0 amide bonds. The van der Waals surface area contributed by atoms with Crippen LogP contribution in [0.2, 0.25) is 0 Å². The van der Waals surface area contributed by atoms with E-state index in [0.29, 0.717) is 18.0 Å². The third-order valence-corrected chi connectivity index (χ3v) is 3.90. The number of nitrogens with zero attached hydrogens (tertiary/aromatic N) is 5. The molecule has 4 aromatic rings. The molecular formula is C15H12N5+. The normalized spacial score (nSPS) is 15.9. The molecule has 0 unspecified atom stereocenters. The van der Waals surface area contributed by atoms with E-state index in [1.165, 1.54) is 4.57 Å². The van der Waals surface area contributed by atoms with Crippen LogP contribution in [0.15, 0.2) is 42.9 Å². The Morgan fingerprint density at radius 3 is 3.20 bits per heavy atom. The van der Waals surface area contributed by atoms with Gasteiger partial charge in [0.1, 0.15) is 5.69 Å². The molecule has 5 heterocycles. The average Bonchev–Trinajstić information content (AvgIpc) is 3.13. The second-order valence-corrected chi connectivity index (χ2v) is 4.96. The van der Waals surface area contributed by atoms with Gasteiger partial charge in [0.2, 0.25) is 0 Å². The molecule has 5 rings (SSSR count). The van der Waals surface area contributed by atoms with E-state index >= 15 is 0 Å². The zero-order valence-electron chi connectivity index (χ0n) is 13.5. The van der Waals surface area contributed by atoms with Crippen molar-refractivity contribution in [2.45, 2.75) is 6.54 Å². The van der Waals surface area contributed by atoms with Crippen LogP contribution in [0.5, 0.6) is 0 Å². The van der Waals surface area contributed by atoms with Crippen LogP contribution in [0, 0.1) is 0 Å². The average molecular weight is 265 g/mol. The maximum atomic E-state index is 8.02. The molecule has 0 saturated heterocycles. The Labute approximate surface area is 119 Å². The van der Waals surface area contributed by atoms with Crippen molar-refractivity contribution in [1.82, 2.24) is 18.9 Å². The predicted molar refractivity (Wildman–Crippen MR) is 74.2 cm³/mol. The van der Waals surface area contributed by atoms with E-state index in [-0.39, 0.29) is 0 Å². The van der Waals surface area contributed by atoms with Crippen molar-refractivity contribution in [1.29, 1.82) is 0 Å². The molecular weight excluding hydrogens is 250 g/mol. The van der Waals surface area contributed by atoms with Crippen molar-refractivity contribution in [3.8, 4) is 11.5 Å². The molecule has 0 N–H and O–H groups in total. The summed E-state index contributed by atoms with van der Waals surface area (Å²) in [6, 6.07) is 7.58. The van der Waals surface area contributed by atoms with Crippen molar-refractivity contribution in [2.75, 3.05) is 0 Å². The van der Waals surface area contributed by atoms with Crippen LogP contribution in [0.1, 0.15) is 9.68 Å². The highest BCUT2D eigenvalue weighted by Crippen LogP contribution is 2.32. The lowest BCUT2D eigenvalue weighted by Crippen LogP contribution is -2.30. The van der Waals surface area contributed by atoms with Gasteiger partial charge in [0, 0.05) is 24.0 Å². The standard InChI is InChI=1S/C15H12N5/c1-18-14-11(8-12-16-6-3-7-19(12)14)20-9-10-4-2-5-17-13(10)15(18)20/h2-8H,9H2,1H3/q+1/i1D3. The van der Waals surface area contributed by atoms with E-state index in [2.05, 4.69) is 9.97 Å². The molecule has 0 aliphatic carbocycles. The van der Waals surface area contributed by atoms with E-state index in [9.17, 15) is 0 Å². The van der Waals surface area contributed by atoms with Gasteiger partial charge in [0.05, 0.1) is 23.8 Å². The van der Waals surface area contributed by atoms with E-state index in [0.717, 1.165) is 22.4 Å². The second-order valence-electron chi connectivity index (χ2n) is 4.96. The quantitative estimate of drug-likeness (QED) is 0.398. The van der Waals surface area contributed by atoms with E-state index in [4.69, 9.17) is 4.11 Å². The van der Waals surface area contributed by atoms with Crippen molar-refractivity contribution in [3.05, 3.63) is 48.4 Å². The third-order valence-electron chi connectivity index (χ3n) is 3.90. The Balaban J connectivity index is 2.01. The Kier molecular flexibility index (Phi) is 1.27. The van der Waals surface area contributed by atoms with Gasteiger partial charge in [0.15, 0.2) is 11.2 Å². The summed E-state index contributed by atoms with van der Waals surface area (Å²) in [4.78, 5) is 8.74. The van der Waals surface area contributed by atoms with Gasteiger partial charge in [-0.25, -0.2) is 23.5 Å². The molecule has 0 fully saturated rings. The summed E-state index contributed by atoms with van der Waals surface area (Å²) in [5.41, 5.74) is 3.98. The molecule has 4 aromatic heterocycles. The Bertz CT molecular complexity index is 1090. The van der Waals surface area contributed by atoms with E-state index in [1.807, 2.05) is 33.4 Å². The van der Waals surface area contributed by atoms with Gasteiger partial charge in [-0.3, -0.25) is 0 Å². The van der Waals surface area contributed by atoms with Crippen LogP contribution < -0.4 is 4.57 Å². The summed E-state index contributed by atoms with van der Waals surface area (Å²) in [5.74, 6) is 0.629. The zero-order valence-corrected chi connectivity index (χ0v) is 10.5. The lowest BCUT2D eigenvalue weighted by molar-refractivity contribution is -0.636. The smallest absolute Gasteiger partial charge is 0.249 e. The predicted octanol–water partition coefficient (Wildman–Crippen LogP) is 1.54. The molecule has 20 heavy (non-hydrogen) atoms. The summed E-state index contributed by atoms with van der Waals surface area (Å²) in [7, 11) is 0. The van der Waals surface area contributed by atoms with E-state index in [1.54, 1.807) is 18.5 Å². The Morgan fingerprint density at radius 2 is 2.25 bits per heavy atom. The molecule has 96 valence electrons. The van der Waals surface area contributed by atoms with Crippen LogP contribution in [-0.2, 0) is 13.5 Å². The number of imidazole rings is 1. The summed E-state index contributed by atoms with van der Waals surface area (Å²) in [6.45, 7) is -1.68. The first-order valence-electron chi connectivity index (χ1n) is 7.91. The molecule has 0 bridgehead atoms. The monoisotopic (exact) mass is 265 g/mol. The van der Waals surface area contributed by atoms with Gasteiger partial charge >= 0.3 is 0 Å². The molecule has 0 aromatic carbocycles. The van der Waals surface area contributed by atoms with Gasteiger partial charge in [-0.1, -0.05) is 6.07 Å². The van der Waals surface area contributed by atoms with Gasteiger partial charge < -0.3 is 0 Å². The maximum absolute atomic E-state index is 8.02. The third kappa shape index (κ3) is 1.02. The minimum Gasteiger partial charge on any atom is -0.249 e. The highest BCUT2D eigenvalue weighted by atomic mass is 15.2. The number of fused-ring (bicyclic) bond motifs is 7. The van der Waals surface area contributed by atoms with Crippen molar-refractivity contribution >= 4 is 16.8 Å². The molecule has 0 spiro atoms. The largest absolute Gasteiger partial charge is 0.274 e. The number of hydrogen-bond acceptors (Lipinski definition) is 2. The minimum absolute atomic E-state index is 0.620. The van der Waals surface area contributed by atoms with Crippen LogP contribution >= 0.6 is 0 Å². The minimum atomic E-state index is -2.30. The second kappa shape index (κ2) is 3.25. The summed E-state index contributed by atoms with van der Waals surface area (Å²) in [5, 5.41) is 0. The first-order valence-corrected chi connectivity index (χ1v) is 6.41. The van der Waals surface area contributed by atoms with Gasteiger partial charge in [-0.2, -0.15) is 0 Å². The summed E-state index contributed by atoms with van der Waals surface area (Å²) < 4.78 is 29.3. The summed E-state index contributed by atoms with van der Waals surface area (Å²) in [6.07, 6.45) is 5.24. The number of hydrogen-bond donors (Lipinski definition) is 0. The Morgan fingerprint density at radius 1 is 1.30 bits per heavy atom. The fraction of sp³-hybridized carbons (Fsp3) is 0.133. The van der Waals surface area contributed by atoms with Crippen molar-refractivity contribution in [3.63, 3.8) is 0 Å². The molecule has 1 aliphatic heterocycles. The van der Waals surface area contributed by atoms with E-state index < -0.39 is 6.98 Å². The molecule has 5 nitrogen and oxygen atoms in total. The van der Waals surface area contributed by atoms with Gasteiger partial charge in [0.25, 0.3) is 11.5 Å². The number of aryl methyl sites for hydroxylation is 1. The first kappa shape index (κ1) is 7.79.